The molecule has 0 amide bonds. The molecule has 2 heterocycles. The van der Waals surface area contributed by atoms with Gasteiger partial charge in [-0.05, 0) is 18.9 Å². The summed E-state index contributed by atoms with van der Waals surface area (Å²) in [6.07, 6.45) is 1.97. The first-order valence-electron chi connectivity index (χ1n) is 4.14. The normalized spacial score (nSPS) is 22.1. The van der Waals surface area contributed by atoms with Crippen molar-refractivity contribution >= 4 is 11.6 Å². The van der Waals surface area contributed by atoms with Crippen LogP contribution in [-0.4, -0.2) is 16.8 Å². The van der Waals surface area contributed by atoms with Crippen molar-refractivity contribution in [2.75, 3.05) is 6.61 Å². The van der Waals surface area contributed by atoms with Crippen LogP contribution in [0.15, 0.2) is 10.9 Å². The molecule has 1 aliphatic rings. The number of aromatic nitrogens is 2. The Bertz CT molecular complexity index is 357. The van der Waals surface area contributed by atoms with Crippen LogP contribution in [0.4, 0.5) is 0 Å². The highest BCUT2D eigenvalue weighted by atomic mass is 35.5. The molecule has 4 nitrogen and oxygen atoms in total. The smallest absolute Gasteiger partial charge is 0.282 e. The largest absolute Gasteiger partial charge is 0.372 e. The highest BCUT2D eigenvalue weighted by molar-refractivity contribution is 6.30. The standard InChI is InChI=1S/C8H9ClN2O2/c9-5-4-6(10-11-8(5)12)7-2-1-3-13-7/h4,7H,1-3H2,(H,11,12). The van der Waals surface area contributed by atoms with Gasteiger partial charge in [-0.15, -0.1) is 0 Å². The molecule has 0 aromatic carbocycles. The molecule has 5 heteroatoms. The minimum atomic E-state index is -0.358. The Hall–Kier alpha value is -0.870. The van der Waals surface area contributed by atoms with Crippen molar-refractivity contribution in [2.24, 2.45) is 0 Å². The van der Waals surface area contributed by atoms with Crippen LogP contribution in [0.2, 0.25) is 5.02 Å². The van der Waals surface area contributed by atoms with E-state index in [1.54, 1.807) is 6.07 Å². The van der Waals surface area contributed by atoms with Crippen LogP contribution in [0.3, 0.4) is 0 Å². The quantitative estimate of drug-likeness (QED) is 0.743. The van der Waals surface area contributed by atoms with Gasteiger partial charge < -0.3 is 4.74 Å². The van der Waals surface area contributed by atoms with E-state index in [4.69, 9.17) is 16.3 Å². The molecule has 0 saturated carbocycles. The van der Waals surface area contributed by atoms with Gasteiger partial charge in [0, 0.05) is 6.61 Å². The first-order chi connectivity index (χ1) is 6.27. The van der Waals surface area contributed by atoms with Crippen LogP contribution < -0.4 is 5.56 Å². The summed E-state index contributed by atoms with van der Waals surface area (Å²) in [5.41, 5.74) is 0.352. The number of aromatic amines is 1. The zero-order valence-corrected chi connectivity index (χ0v) is 7.67. The van der Waals surface area contributed by atoms with Crippen LogP contribution >= 0.6 is 11.6 Å². The van der Waals surface area contributed by atoms with Gasteiger partial charge in [-0.2, -0.15) is 5.10 Å². The monoisotopic (exact) mass is 200 g/mol. The Labute approximate surface area is 79.9 Å². The van der Waals surface area contributed by atoms with E-state index in [-0.39, 0.29) is 16.7 Å². The third-order valence-corrected chi connectivity index (χ3v) is 2.32. The molecule has 1 N–H and O–H groups in total. The van der Waals surface area contributed by atoms with Gasteiger partial charge in [0.05, 0.1) is 5.69 Å². The van der Waals surface area contributed by atoms with E-state index in [0.29, 0.717) is 5.69 Å². The van der Waals surface area contributed by atoms with E-state index < -0.39 is 0 Å². The van der Waals surface area contributed by atoms with Crippen molar-refractivity contribution in [1.29, 1.82) is 0 Å². The molecule has 1 aromatic heterocycles. The molecule has 13 heavy (non-hydrogen) atoms. The maximum atomic E-state index is 10.9. The molecule has 0 spiro atoms. The number of nitrogens with one attached hydrogen (secondary N) is 1. The molecule has 0 aliphatic carbocycles. The fourth-order valence-electron chi connectivity index (χ4n) is 1.37. The number of H-pyrrole nitrogens is 1. The Morgan fingerprint density at radius 3 is 3.15 bits per heavy atom. The van der Waals surface area contributed by atoms with Gasteiger partial charge in [-0.25, -0.2) is 5.10 Å². The number of hydrogen-bond donors (Lipinski definition) is 1. The highest BCUT2D eigenvalue weighted by Crippen LogP contribution is 2.26. The Balaban J connectivity index is 2.30. The lowest BCUT2D eigenvalue weighted by Gasteiger charge is -2.06. The van der Waals surface area contributed by atoms with Crippen LogP contribution in [-0.2, 0) is 4.74 Å². The van der Waals surface area contributed by atoms with Gasteiger partial charge in [0.25, 0.3) is 5.56 Å². The minimum Gasteiger partial charge on any atom is -0.372 e. The second-order valence-corrected chi connectivity index (χ2v) is 3.38. The molecule has 1 aromatic rings. The lowest BCUT2D eigenvalue weighted by atomic mass is 10.2. The van der Waals surface area contributed by atoms with Crippen LogP contribution in [0.1, 0.15) is 24.6 Å². The van der Waals surface area contributed by atoms with E-state index in [1.807, 2.05) is 0 Å². The zero-order chi connectivity index (χ0) is 9.26. The first-order valence-corrected chi connectivity index (χ1v) is 4.52. The van der Waals surface area contributed by atoms with Gasteiger partial charge >= 0.3 is 0 Å². The fourth-order valence-corrected chi connectivity index (χ4v) is 1.53. The second kappa shape index (κ2) is 3.47. The van der Waals surface area contributed by atoms with Gasteiger partial charge in [-0.1, -0.05) is 11.6 Å². The van der Waals surface area contributed by atoms with Crippen molar-refractivity contribution in [3.63, 3.8) is 0 Å². The predicted octanol–water partition coefficient (Wildman–Crippen LogP) is 1.27. The predicted molar refractivity (Wildman–Crippen MR) is 47.8 cm³/mol. The maximum absolute atomic E-state index is 10.9. The second-order valence-electron chi connectivity index (χ2n) is 2.97. The Morgan fingerprint density at radius 2 is 2.54 bits per heavy atom. The summed E-state index contributed by atoms with van der Waals surface area (Å²) >= 11 is 5.65. The third-order valence-electron chi connectivity index (χ3n) is 2.04. The summed E-state index contributed by atoms with van der Waals surface area (Å²) in [5.74, 6) is 0. The average Bonchev–Trinajstić information content (AvgIpc) is 2.62. The Kier molecular flexibility index (Phi) is 2.33. The van der Waals surface area contributed by atoms with E-state index >= 15 is 0 Å². The van der Waals surface area contributed by atoms with Crippen molar-refractivity contribution < 1.29 is 4.74 Å². The van der Waals surface area contributed by atoms with Crippen molar-refractivity contribution in [3.05, 3.63) is 27.1 Å². The lowest BCUT2D eigenvalue weighted by molar-refractivity contribution is 0.108. The minimum absolute atomic E-state index is 0.00523. The summed E-state index contributed by atoms with van der Waals surface area (Å²) in [7, 11) is 0. The molecule has 1 aliphatic heterocycles. The lowest BCUT2D eigenvalue weighted by Crippen LogP contribution is -2.12. The first kappa shape index (κ1) is 8.72. The van der Waals surface area contributed by atoms with E-state index in [2.05, 4.69) is 10.2 Å². The number of ether oxygens (including phenoxy) is 1. The molecular weight excluding hydrogens is 192 g/mol. The molecule has 0 radical (unpaired) electrons. The molecule has 2 rings (SSSR count). The topological polar surface area (TPSA) is 55.0 Å². The molecule has 70 valence electrons. The molecule has 1 saturated heterocycles. The van der Waals surface area contributed by atoms with Gasteiger partial charge in [0.2, 0.25) is 0 Å². The molecule has 0 bridgehead atoms. The number of hydrogen-bond acceptors (Lipinski definition) is 3. The summed E-state index contributed by atoms with van der Waals surface area (Å²) in [6.45, 7) is 0.753. The summed E-state index contributed by atoms with van der Waals surface area (Å²) in [6, 6.07) is 1.57. The fraction of sp³-hybridized carbons (Fsp3) is 0.500. The Morgan fingerprint density at radius 1 is 1.69 bits per heavy atom. The van der Waals surface area contributed by atoms with Crippen molar-refractivity contribution in [2.45, 2.75) is 18.9 Å². The maximum Gasteiger partial charge on any atom is 0.282 e. The summed E-state index contributed by atoms with van der Waals surface area (Å²) in [5, 5.41) is 6.37. The molecule has 1 atom stereocenters. The van der Waals surface area contributed by atoms with Crippen LogP contribution in [0.5, 0.6) is 0 Å². The number of rotatable bonds is 1. The van der Waals surface area contributed by atoms with Crippen LogP contribution in [0.25, 0.3) is 0 Å². The number of nitrogens with zero attached hydrogens (tertiary/aromatic N) is 1. The highest BCUT2D eigenvalue weighted by Gasteiger charge is 2.19. The summed E-state index contributed by atoms with van der Waals surface area (Å²) in [4.78, 5) is 10.9. The van der Waals surface area contributed by atoms with Gasteiger partial charge in [-0.3, -0.25) is 4.79 Å². The van der Waals surface area contributed by atoms with Gasteiger partial charge in [0.15, 0.2) is 0 Å². The van der Waals surface area contributed by atoms with Gasteiger partial charge in [0.1, 0.15) is 11.1 Å². The molecule has 1 unspecified atom stereocenters. The van der Waals surface area contributed by atoms with E-state index in [9.17, 15) is 4.79 Å². The van der Waals surface area contributed by atoms with Crippen molar-refractivity contribution in [3.8, 4) is 0 Å². The van der Waals surface area contributed by atoms with Crippen molar-refractivity contribution in [1.82, 2.24) is 10.2 Å². The zero-order valence-electron chi connectivity index (χ0n) is 6.92. The number of halogens is 1. The van der Waals surface area contributed by atoms with Crippen LogP contribution in [0, 0.1) is 0 Å². The molecule has 1 fully saturated rings. The van der Waals surface area contributed by atoms with E-state index in [1.165, 1.54) is 0 Å². The average molecular weight is 201 g/mol. The molecular formula is C8H9ClN2O2. The van der Waals surface area contributed by atoms with E-state index in [0.717, 1.165) is 19.4 Å². The summed E-state index contributed by atoms with van der Waals surface area (Å²) < 4.78 is 5.39. The SMILES string of the molecule is O=c1[nH]nc(C2CCCO2)cc1Cl. The third kappa shape index (κ3) is 1.73.